The Balaban J connectivity index is 1.47. The van der Waals surface area contributed by atoms with Gasteiger partial charge in [0.1, 0.15) is 5.65 Å². The summed E-state index contributed by atoms with van der Waals surface area (Å²) < 4.78 is 3.73. The van der Waals surface area contributed by atoms with Gasteiger partial charge in [-0.05, 0) is 37.3 Å². The number of nitrogens with zero attached hydrogens (tertiary/aromatic N) is 4. The van der Waals surface area contributed by atoms with E-state index in [1.165, 1.54) is 0 Å². The lowest BCUT2D eigenvalue weighted by Gasteiger charge is -2.10. The van der Waals surface area contributed by atoms with Crippen molar-refractivity contribution in [3.8, 4) is 16.9 Å². The van der Waals surface area contributed by atoms with Crippen LogP contribution in [-0.2, 0) is 0 Å². The van der Waals surface area contributed by atoms with Crippen LogP contribution in [0.2, 0.25) is 0 Å². The standard InChI is InChI=1S/C24H19N5O/c1-17-20(15-25-29(17)18-9-3-2-4-10-18)24(30)27-21-12-6-5-11-19(21)22-16-28-14-8-7-13-23(28)26-22/h2-16H,1H3,(H,27,30). The zero-order chi connectivity index (χ0) is 20.5. The smallest absolute Gasteiger partial charge is 0.259 e. The topological polar surface area (TPSA) is 64.2 Å². The maximum atomic E-state index is 13.0. The van der Waals surface area contributed by atoms with Gasteiger partial charge in [-0.1, -0.05) is 42.5 Å². The van der Waals surface area contributed by atoms with Gasteiger partial charge in [-0.25, -0.2) is 9.67 Å². The van der Waals surface area contributed by atoms with Crippen LogP contribution in [0, 0.1) is 6.92 Å². The molecule has 6 heteroatoms. The lowest BCUT2D eigenvalue weighted by Crippen LogP contribution is -2.13. The maximum Gasteiger partial charge on any atom is 0.259 e. The minimum Gasteiger partial charge on any atom is -0.321 e. The first-order chi connectivity index (χ1) is 14.7. The van der Waals surface area contributed by atoms with Crippen molar-refractivity contribution in [3.63, 3.8) is 0 Å². The molecule has 0 unspecified atom stereocenters. The molecule has 5 aromatic rings. The van der Waals surface area contributed by atoms with E-state index in [0.717, 1.165) is 28.3 Å². The van der Waals surface area contributed by atoms with E-state index >= 15 is 0 Å². The van der Waals surface area contributed by atoms with Crippen LogP contribution >= 0.6 is 0 Å². The van der Waals surface area contributed by atoms with E-state index in [1.807, 2.05) is 96.5 Å². The molecular weight excluding hydrogens is 374 g/mol. The highest BCUT2D eigenvalue weighted by atomic mass is 16.1. The van der Waals surface area contributed by atoms with E-state index in [1.54, 1.807) is 10.9 Å². The zero-order valence-electron chi connectivity index (χ0n) is 16.4. The van der Waals surface area contributed by atoms with Gasteiger partial charge in [0, 0.05) is 18.0 Å². The molecule has 3 heterocycles. The monoisotopic (exact) mass is 393 g/mol. The highest BCUT2D eigenvalue weighted by Crippen LogP contribution is 2.28. The quantitative estimate of drug-likeness (QED) is 0.479. The Labute approximate surface area is 173 Å². The summed E-state index contributed by atoms with van der Waals surface area (Å²) >= 11 is 0. The minimum atomic E-state index is -0.203. The predicted molar refractivity (Wildman–Crippen MR) is 117 cm³/mol. The van der Waals surface area contributed by atoms with Gasteiger partial charge in [-0.2, -0.15) is 5.10 Å². The van der Waals surface area contributed by atoms with Crippen molar-refractivity contribution in [2.45, 2.75) is 6.92 Å². The van der Waals surface area contributed by atoms with Crippen molar-refractivity contribution in [1.82, 2.24) is 19.2 Å². The molecule has 0 atom stereocenters. The van der Waals surface area contributed by atoms with Crippen LogP contribution in [-0.4, -0.2) is 25.1 Å². The molecule has 30 heavy (non-hydrogen) atoms. The summed E-state index contributed by atoms with van der Waals surface area (Å²) in [6.45, 7) is 1.89. The number of carbonyl (C=O) groups excluding carboxylic acids is 1. The molecule has 0 radical (unpaired) electrons. The first-order valence-electron chi connectivity index (χ1n) is 9.65. The third-order valence-corrected chi connectivity index (χ3v) is 5.07. The molecule has 5 rings (SSSR count). The fourth-order valence-electron chi connectivity index (χ4n) is 3.53. The number of amides is 1. The predicted octanol–water partition coefficient (Wildman–Crippen LogP) is 4.75. The number of carbonyl (C=O) groups is 1. The molecule has 2 aromatic carbocycles. The number of imidazole rings is 1. The van der Waals surface area contributed by atoms with Crippen LogP contribution in [0.1, 0.15) is 16.1 Å². The molecule has 0 aliphatic heterocycles. The van der Waals surface area contributed by atoms with Gasteiger partial charge in [-0.15, -0.1) is 0 Å². The molecule has 0 saturated heterocycles. The van der Waals surface area contributed by atoms with Crippen LogP contribution in [0.4, 0.5) is 5.69 Å². The fourth-order valence-corrected chi connectivity index (χ4v) is 3.53. The molecule has 0 fully saturated rings. The van der Waals surface area contributed by atoms with Crippen molar-refractivity contribution >= 4 is 17.2 Å². The number of pyridine rings is 1. The second-order valence-electron chi connectivity index (χ2n) is 6.98. The van der Waals surface area contributed by atoms with E-state index in [0.29, 0.717) is 11.3 Å². The van der Waals surface area contributed by atoms with E-state index in [4.69, 9.17) is 0 Å². The van der Waals surface area contributed by atoms with E-state index in [-0.39, 0.29) is 5.91 Å². The van der Waals surface area contributed by atoms with E-state index < -0.39 is 0 Å². The van der Waals surface area contributed by atoms with Gasteiger partial charge >= 0.3 is 0 Å². The number of hydrogen-bond acceptors (Lipinski definition) is 3. The van der Waals surface area contributed by atoms with Gasteiger partial charge < -0.3 is 9.72 Å². The summed E-state index contributed by atoms with van der Waals surface area (Å²) in [6, 6.07) is 23.3. The van der Waals surface area contributed by atoms with Crippen molar-refractivity contribution in [2.24, 2.45) is 0 Å². The Morgan fingerprint density at radius 3 is 2.53 bits per heavy atom. The summed E-state index contributed by atoms with van der Waals surface area (Å²) in [7, 11) is 0. The van der Waals surface area contributed by atoms with Crippen molar-refractivity contribution in [1.29, 1.82) is 0 Å². The van der Waals surface area contributed by atoms with Crippen molar-refractivity contribution < 1.29 is 4.79 Å². The zero-order valence-corrected chi connectivity index (χ0v) is 16.4. The summed E-state index contributed by atoms with van der Waals surface area (Å²) in [6.07, 6.45) is 5.51. The van der Waals surface area contributed by atoms with Crippen LogP contribution in [0.5, 0.6) is 0 Å². The molecule has 3 aromatic heterocycles. The van der Waals surface area contributed by atoms with E-state index in [2.05, 4.69) is 15.4 Å². The molecule has 146 valence electrons. The van der Waals surface area contributed by atoms with Gasteiger partial charge in [0.15, 0.2) is 0 Å². The second-order valence-corrected chi connectivity index (χ2v) is 6.98. The Kier molecular flexibility index (Phi) is 4.37. The molecule has 0 bridgehead atoms. The molecule has 0 aliphatic carbocycles. The molecule has 1 amide bonds. The molecule has 0 saturated carbocycles. The SMILES string of the molecule is Cc1c(C(=O)Nc2ccccc2-c2cn3ccccc3n2)cnn1-c1ccccc1. The third-order valence-electron chi connectivity index (χ3n) is 5.07. The van der Waals surface area contributed by atoms with E-state index in [9.17, 15) is 4.79 Å². The Morgan fingerprint density at radius 1 is 0.933 bits per heavy atom. The van der Waals surface area contributed by atoms with Crippen LogP contribution in [0.3, 0.4) is 0 Å². The summed E-state index contributed by atoms with van der Waals surface area (Å²) in [5.74, 6) is -0.203. The number of fused-ring (bicyclic) bond motifs is 1. The Bertz CT molecular complexity index is 1320. The van der Waals surface area contributed by atoms with Crippen LogP contribution < -0.4 is 5.32 Å². The second kappa shape index (κ2) is 7.33. The van der Waals surface area contributed by atoms with Gasteiger partial charge in [0.25, 0.3) is 5.91 Å². The normalized spacial score (nSPS) is 11.0. The molecule has 0 aliphatic rings. The van der Waals surface area contributed by atoms with Crippen LogP contribution in [0.25, 0.3) is 22.6 Å². The summed E-state index contributed by atoms with van der Waals surface area (Å²) in [5, 5.41) is 7.43. The molecule has 0 spiro atoms. The van der Waals surface area contributed by atoms with Crippen LogP contribution in [0.15, 0.2) is 91.4 Å². The average molecular weight is 393 g/mol. The number of nitrogens with one attached hydrogen (secondary N) is 1. The third kappa shape index (κ3) is 3.14. The Hall–Kier alpha value is -4.19. The number of para-hydroxylation sites is 2. The van der Waals surface area contributed by atoms with Gasteiger partial charge in [-0.3, -0.25) is 4.79 Å². The first kappa shape index (κ1) is 17.9. The minimum absolute atomic E-state index is 0.203. The molecule has 1 N–H and O–H groups in total. The lowest BCUT2D eigenvalue weighted by atomic mass is 10.1. The number of aromatic nitrogens is 4. The molecule has 6 nitrogen and oxygen atoms in total. The summed E-state index contributed by atoms with van der Waals surface area (Å²) in [5.41, 5.74) is 5.45. The van der Waals surface area contributed by atoms with Crippen molar-refractivity contribution in [3.05, 3.63) is 103 Å². The van der Waals surface area contributed by atoms with Gasteiger partial charge in [0.05, 0.1) is 34.5 Å². The van der Waals surface area contributed by atoms with Gasteiger partial charge in [0.2, 0.25) is 0 Å². The number of rotatable bonds is 4. The Morgan fingerprint density at radius 2 is 1.70 bits per heavy atom. The largest absolute Gasteiger partial charge is 0.321 e. The number of benzene rings is 2. The average Bonchev–Trinajstić information content (AvgIpc) is 3.38. The lowest BCUT2D eigenvalue weighted by molar-refractivity contribution is 0.102. The first-order valence-corrected chi connectivity index (χ1v) is 9.65. The number of hydrogen-bond donors (Lipinski definition) is 1. The highest BCUT2D eigenvalue weighted by Gasteiger charge is 2.17. The highest BCUT2D eigenvalue weighted by molar-refractivity contribution is 6.06. The van der Waals surface area contributed by atoms with Crippen molar-refractivity contribution in [2.75, 3.05) is 5.32 Å². The maximum absolute atomic E-state index is 13.0. The fraction of sp³-hybridized carbons (Fsp3) is 0.0417. The number of anilines is 1. The molecular formula is C24H19N5O. The summed E-state index contributed by atoms with van der Waals surface area (Å²) in [4.78, 5) is 17.7.